The maximum atomic E-state index is 12.4. The first-order valence-electron chi connectivity index (χ1n) is 9.41. The number of nitrogens with zero attached hydrogens (tertiary/aromatic N) is 1. The Morgan fingerprint density at radius 2 is 1.50 bits per heavy atom. The number of para-hydroxylation sites is 2. The summed E-state index contributed by atoms with van der Waals surface area (Å²) in [5, 5.41) is 0. The molecule has 0 saturated carbocycles. The zero-order valence-corrected chi connectivity index (χ0v) is 16.2. The third-order valence-corrected chi connectivity index (χ3v) is 4.29. The van der Waals surface area contributed by atoms with E-state index in [4.69, 9.17) is 9.47 Å². The molecule has 0 N–H and O–H groups in total. The van der Waals surface area contributed by atoms with Crippen LogP contribution in [0.15, 0.2) is 84.9 Å². The highest BCUT2D eigenvalue weighted by atomic mass is 16.5. The normalized spacial score (nSPS) is 10.5. The molecule has 0 aromatic heterocycles. The topological polar surface area (TPSA) is 38.8 Å². The number of ether oxygens (including phenoxy) is 2. The van der Waals surface area contributed by atoms with Crippen LogP contribution in [0.1, 0.15) is 19.4 Å². The fourth-order valence-electron chi connectivity index (χ4n) is 2.86. The van der Waals surface area contributed by atoms with Gasteiger partial charge >= 0.3 is 5.97 Å². The van der Waals surface area contributed by atoms with Gasteiger partial charge in [-0.15, -0.1) is 0 Å². The molecule has 144 valence electrons. The van der Waals surface area contributed by atoms with Crippen molar-refractivity contribution in [2.75, 3.05) is 11.4 Å². The van der Waals surface area contributed by atoms with Crippen LogP contribution >= 0.6 is 0 Å². The van der Waals surface area contributed by atoms with Gasteiger partial charge in [-0.2, -0.15) is 0 Å². The van der Waals surface area contributed by atoms with Crippen molar-refractivity contribution in [3.8, 4) is 11.5 Å². The van der Waals surface area contributed by atoms with Crippen molar-refractivity contribution >= 4 is 11.7 Å². The summed E-state index contributed by atoms with van der Waals surface area (Å²) in [4.78, 5) is 14.4. The summed E-state index contributed by atoms with van der Waals surface area (Å²) in [5.74, 6) is 1.23. The lowest BCUT2D eigenvalue weighted by Crippen LogP contribution is -2.36. The Hall–Kier alpha value is -3.27. The van der Waals surface area contributed by atoms with E-state index in [0.717, 1.165) is 17.0 Å². The monoisotopic (exact) mass is 375 g/mol. The fourth-order valence-corrected chi connectivity index (χ4v) is 2.86. The minimum atomic E-state index is -0.257. The van der Waals surface area contributed by atoms with E-state index in [-0.39, 0.29) is 25.2 Å². The predicted molar refractivity (Wildman–Crippen MR) is 112 cm³/mol. The minimum Gasteiger partial charge on any atom is -0.459 e. The van der Waals surface area contributed by atoms with Crippen LogP contribution in [0.25, 0.3) is 0 Å². The molecular weight excluding hydrogens is 350 g/mol. The average molecular weight is 375 g/mol. The highest BCUT2D eigenvalue weighted by molar-refractivity contribution is 5.76. The third kappa shape index (κ3) is 5.61. The highest BCUT2D eigenvalue weighted by Gasteiger charge is 2.15. The zero-order chi connectivity index (χ0) is 19.8. The number of benzene rings is 3. The van der Waals surface area contributed by atoms with Crippen LogP contribution in [-0.2, 0) is 16.1 Å². The molecule has 3 rings (SSSR count). The first-order chi connectivity index (χ1) is 13.6. The Bertz CT molecular complexity index is 879. The van der Waals surface area contributed by atoms with Crippen LogP contribution in [0.5, 0.6) is 11.5 Å². The number of carbonyl (C=O) groups is 1. The molecule has 4 heteroatoms. The molecule has 28 heavy (non-hydrogen) atoms. The smallest absolute Gasteiger partial charge is 0.325 e. The summed E-state index contributed by atoms with van der Waals surface area (Å²) < 4.78 is 11.3. The molecule has 0 aliphatic carbocycles. The van der Waals surface area contributed by atoms with Crippen molar-refractivity contribution in [1.29, 1.82) is 0 Å². The molecule has 0 heterocycles. The Labute approximate surface area is 166 Å². The van der Waals surface area contributed by atoms with Crippen molar-refractivity contribution in [2.45, 2.75) is 26.5 Å². The van der Waals surface area contributed by atoms with Crippen LogP contribution in [0, 0.1) is 0 Å². The van der Waals surface area contributed by atoms with E-state index < -0.39 is 0 Å². The van der Waals surface area contributed by atoms with E-state index >= 15 is 0 Å². The van der Waals surface area contributed by atoms with Crippen LogP contribution < -0.4 is 9.64 Å². The second-order valence-corrected chi connectivity index (χ2v) is 6.78. The minimum absolute atomic E-state index is 0.192. The maximum Gasteiger partial charge on any atom is 0.325 e. The summed E-state index contributed by atoms with van der Waals surface area (Å²) in [6.07, 6.45) is 0. The first kappa shape index (κ1) is 19.5. The van der Waals surface area contributed by atoms with E-state index in [0.29, 0.717) is 5.75 Å². The van der Waals surface area contributed by atoms with Gasteiger partial charge in [0.2, 0.25) is 0 Å². The molecule has 0 saturated heterocycles. The van der Waals surface area contributed by atoms with Crippen molar-refractivity contribution in [3.05, 3.63) is 90.5 Å². The molecule has 0 unspecified atom stereocenters. The largest absolute Gasteiger partial charge is 0.459 e. The lowest BCUT2D eigenvalue weighted by atomic mass is 10.2. The van der Waals surface area contributed by atoms with Gasteiger partial charge in [0.15, 0.2) is 0 Å². The van der Waals surface area contributed by atoms with E-state index in [2.05, 4.69) is 13.8 Å². The second-order valence-electron chi connectivity index (χ2n) is 6.78. The van der Waals surface area contributed by atoms with Gasteiger partial charge in [-0.25, -0.2) is 0 Å². The maximum absolute atomic E-state index is 12.4. The van der Waals surface area contributed by atoms with Gasteiger partial charge in [0.05, 0.1) is 0 Å². The molecule has 0 fully saturated rings. The fraction of sp³-hybridized carbons (Fsp3) is 0.208. The number of esters is 1. The Balaban J connectivity index is 1.57. The van der Waals surface area contributed by atoms with Gasteiger partial charge in [0.25, 0.3) is 0 Å². The molecule has 0 atom stereocenters. The Morgan fingerprint density at radius 3 is 2.18 bits per heavy atom. The van der Waals surface area contributed by atoms with Crippen molar-refractivity contribution in [1.82, 2.24) is 0 Å². The number of carbonyl (C=O) groups excluding carboxylic acids is 1. The summed E-state index contributed by atoms with van der Waals surface area (Å²) in [7, 11) is 0. The molecule has 0 amide bonds. The molecule has 4 nitrogen and oxygen atoms in total. The molecule has 0 bridgehead atoms. The Morgan fingerprint density at radius 1 is 0.857 bits per heavy atom. The van der Waals surface area contributed by atoms with Crippen LogP contribution in [0.4, 0.5) is 5.69 Å². The summed E-state index contributed by atoms with van der Waals surface area (Å²) in [6.45, 7) is 4.54. The van der Waals surface area contributed by atoms with E-state index in [1.165, 1.54) is 0 Å². The number of rotatable bonds is 8. The Kier molecular flexibility index (Phi) is 6.68. The molecule has 0 aliphatic heterocycles. The van der Waals surface area contributed by atoms with Gasteiger partial charge in [0.1, 0.15) is 24.7 Å². The standard InChI is InChI=1S/C24H25NO3/c1-19(2)25(21-11-5-3-6-12-21)17-24(26)27-18-20-10-9-15-23(16-20)28-22-13-7-4-8-14-22/h3-16,19H,17-18H2,1-2H3. The quantitative estimate of drug-likeness (QED) is 0.492. The summed E-state index contributed by atoms with van der Waals surface area (Å²) >= 11 is 0. The summed E-state index contributed by atoms with van der Waals surface area (Å²) in [5.41, 5.74) is 1.89. The molecule has 0 radical (unpaired) electrons. The van der Waals surface area contributed by atoms with Crippen LogP contribution in [-0.4, -0.2) is 18.6 Å². The first-order valence-corrected chi connectivity index (χ1v) is 9.41. The van der Waals surface area contributed by atoms with Crippen LogP contribution in [0.3, 0.4) is 0 Å². The van der Waals surface area contributed by atoms with E-state index in [9.17, 15) is 4.79 Å². The van der Waals surface area contributed by atoms with Crippen molar-refractivity contribution < 1.29 is 14.3 Å². The van der Waals surface area contributed by atoms with Gasteiger partial charge in [-0.3, -0.25) is 4.79 Å². The molecule has 0 aliphatic rings. The van der Waals surface area contributed by atoms with Crippen molar-refractivity contribution in [3.63, 3.8) is 0 Å². The zero-order valence-electron chi connectivity index (χ0n) is 16.2. The van der Waals surface area contributed by atoms with Gasteiger partial charge in [-0.05, 0) is 55.8 Å². The predicted octanol–water partition coefficient (Wildman–Crippen LogP) is 5.44. The molecule has 3 aromatic rings. The molecule has 3 aromatic carbocycles. The third-order valence-electron chi connectivity index (χ3n) is 4.29. The van der Waals surface area contributed by atoms with E-state index in [1.54, 1.807) is 0 Å². The van der Waals surface area contributed by atoms with Gasteiger partial charge in [0, 0.05) is 11.7 Å². The van der Waals surface area contributed by atoms with Crippen LogP contribution in [0.2, 0.25) is 0 Å². The average Bonchev–Trinajstić information content (AvgIpc) is 2.72. The lowest BCUT2D eigenvalue weighted by molar-refractivity contribution is -0.143. The van der Waals surface area contributed by atoms with E-state index in [1.807, 2.05) is 89.8 Å². The number of anilines is 1. The van der Waals surface area contributed by atoms with Gasteiger partial charge in [-0.1, -0.05) is 48.5 Å². The number of hydrogen-bond acceptors (Lipinski definition) is 4. The second kappa shape index (κ2) is 9.60. The highest BCUT2D eigenvalue weighted by Crippen LogP contribution is 2.22. The lowest BCUT2D eigenvalue weighted by Gasteiger charge is -2.27. The SMILES string of the molecule is CC(C)N(CC(=O)OCc1cccc(Oc2ccccc2)c1)c1ccccc1. The summed E-state index contributed by atoms with van der Waals surface area (Å²) in [6, 6.07) is 27.3. The number of hydrogen-bond donors (Lipinski definition) is 0. The van der Waals surface area contributed by atoms with Gasteiger partial charge < -0.3 is 14.4 Å². The van der Waals surface area contributed by atoms with Crippen molar-refractivity contribution in [2.24, 2.45) is 0 Å². The molecule has 0 spiro atoms. The molecular formula is C24H25NO3.